The molecule has 1 aliphatic heterocycles. The SMILES string of the molecule is COc1cc2c(cc1OC)C(c1ccc(F)cc1)N(C(=O)CNC(=O)c1cn(C)nc1C(F)F)CC2. The summed E-state index contributed by atoms with van der Waals surface area (Å²) >= 11 is 0. The zero-order valence-electron chi connectivity index (χ0n) is 19.9. The first-order chi connectivity index (χ1) is 17.2. The van der Waals surface area contributed by atoms with Crippen molar-refractivity contribution in [3.05, 3.63) is 76.4 Å². The molecular formula is C25H25F3N4O4. The number of fused-ring (bicyclic) bond motifs is 1. The van der Waals surface area contributed by atoms with Crippen molar-refractivity contribution in [1.29, 1.82) is 0 Å². The van der Waals surface area contributed by atoms with Crippen LogP contribution in [0, 0.1) is 5.82 Å². The number of aryl methyl sites for hydroxylation is 1. The fourth-order valence-electron chi connectivity index (χ4n) is 4.41. The van der Waals surface area contributed by atoms with Crippen molar-refractivity contribution in [2.75, 3.05) is 27.3 Å². The van der Waals surface area contributed by atoms with Gasteiger partial charge in [-0.2, -0.15) is 5.10 Å². The Hall–Kier alpha value is -4.02. The van der Waals surface area contributed by atoms with E-state index in [4.69, 9.17) is 9.47 Å². The third-order valence-electron chi connectivity index (χ3n) is 6.09. The summed E-state index contributed by atoms with van der Waals surface area (Å²) in [5.41, 5.74) is 1.43. The second-order valence-electron chi connectivity index (χ2n) is 8.28. The van der Waals surface area contributed by atoms with Crippen molar-refractivity contribution in [2.24, 2.45) is 7.05 Å². The predicted octanol–water partition coefficient (Wildman–Crippen LogP) is 3.42. The number of halogens is 3. The summed E-state index contributed by atoms with van der Waals surface area (Å²) in [5.74, 6) is -0.650. The van der Waals surface area contributed by atoms with Gasteiger partial charge in [0.25, 0.3) is 12.3 Å². The van der Waals surface area contributed by atoms with Gasteiger partial charge < -0.3 is 19.7 Å². The molecule has 0 fully saturated rings. The predicted molar refractivity (Wildman–Crippen MR) is 124 cm³/mol. The fourth-order valence-corrected chi connectivity index (χ4v) is 4.41. The number of hydrogen-bond acceptors (Lipinski definition) is 5. The van der Waals surface area contributed by atoms with Crippen molar-refractivity contribution >= 4 is 11.8 Å². The lowest BCUT2D eigenvalue weighted by Gasteiger charge is -2.38. The van der Waals surface area contributed by atoms with Gasteiger partial charge in [0.1, 0.15) is 11.5 Å². The highest BCUT2D eigenvalue weighted by Crippen LogP contribution is 2.41. The number of aromatic nitrogens is 2. The van der Waals surface area contributed by atoms with E-state index in [0.717, 1.165) is 15.8 Å². The Bertz CT molecular complexity index is 1280. The van der Waals surface area contributed by atoms with E-state index in [-0.39, 0.29) is 5.56 Å². The molecule has 0 saturated heterocycles. The molecule has 0 radical (unpaired) electrons. The number of hydrogen-bond donors (Lipinski definition) is 1. The Morgan fingerprint density at radius 2 is 1.81 bits per heavy atom. The van der Waals surface area contributed by atoms with Gasteiger partial charge in [0.05, 0.1) is 32.4 Å². The molecule has 2 aromatic carbocycles. The minimum Gasteiger partial charge on any atom is -0.493 e. The van der Waals surface area contributed by atoms with E-state index in [1.807, 2.05) is 6.07 Å². The Labute approximate surface area is 205 Å². The standard InChI is InChI=1S/C25H25F3N4O4/c1-31-13-18(22(30-31)24(27)28)25(34)29-12-21(33)32-9-8-15-10-19(35-2)20(36-3)11-17(15)23(32)14-4-6-16(26)7-5-14/h4-7,10-11,13,23-24H,8-9,12H2,1-3H3,(H,29,34). The molecule has 1 aliphatic rings. The molecule has 36 heavy (non-hydrogen) atoms. The van der Waals surface area contributed by atoms with Crippen molar-refractivity contribution < 1.29 is 32.2 Å². The van der Waals surface area contributed by atoms with Gasteiger partial charge in [-0.1, -0.05) is 12.1 Å². The Balaban J connectivity index is 1.63. The summed E-state index contributed by atoms with van der Waals surface area (Å²) in [5, 5.41) is 6.05. The summed E-state index contributed by atoms with van der Waals surface area (Å²) in [6.07, 6.45) is -1.25. The van der Waals surface area contributed by atoms with E-state index < -0.39 is 42.3 Å². The number of nitrogens with zero attached hydrogens (tertiary/aromatic N) is 3. The number of alkyl halides is 2. The molecule has 1 aromatic heterocycles. The molecule has 11 heteroatoms. The van der Waals surface area contributed by atoms with Crippen LogP contribution in [-0.2, 0) is 18.3 Å². The lowest BCUT2D eigenvalue weighted by atomic mass is 9.87. The summed E-state index contributed by atoms with van der Waals surface area (Å²) in [4.78, 5) is 27.4. The third kappa shape index (κ3) is 4.86. The first-order valence-electron chi connectivity index (χ1n) is 11.1. The van der Waals surface area contributed by atoms with Crippen molar-refractivity contribution in [3.63, 3.8) is 0 Å². The molecular weight excluding hydrogens is 477 g/mol. The smallest absolute Gasteiger partial charge is 0.282 e. The number of benzene rings is 2. The van der Waals surface area contributed by atoms with Crippen LogP contribution in [0.1, 0.15) is 45.2 Å². The zero-order chi connectivity index (χ0) is 26.0. The number of carbonyl (C=O) groups is 2. The Morgan fingerprint density at radius 1 is 1.14 bits per heavy atom. The molecule has 1 N–H and O–H groups in total. The van der Waals surface area contributed by atoms with Crippen molar-refractivity contribution in [1.82, 2.24) is 20.0 Å². The second-order valence-corrected chi connectivity index (χ2v) is 8.28. The van der Waals surface area contributed by atoms with Gasteiger partial charge in [-0.15, -0.1) is 0 Å². The summed E-state index contributed by atoms with van der Waals surface area (Å²) in [7, 11) is 4.46. The largest absolute Gasteiger partial charge is 0.493 e. The monoisotopic (exact) mass is 502 g/mol. The molecule has 190 valence electrons. The number of amides is 2. The van der Waals surface area contributed by atoms with Gasteiger partial charge in [0.2, 0.25) is 5.91 Å². The summed E-state index contributed by atoms with van der Waals surface area (Å²) < 4.78 is 52.1. The van der Waals surface area contributed by atoms with Gasteiger partial charge in [-0.25, -0.2) is 13.2 Å². The second kappa shape index (κ2) is 10.3. The summed E-state index contributed by atoms with van der Waals surface area (Å²) in [6.45, 7) is -0.106. The molecule has 8 nitrogen and oxygen atoms in total. The first kappa shape index (κ1) is 25.1. The number of carbonyl (C=O) groups excluding carboxylic acids is 2. The van der Waals surface area contributed by atoms with Crippen LogP contribution in [0.4, 0.5) is 13.2 Å². The van der Waals surface area contributed by atoms with Gasteiger partial charge in [0, 0.05) is 19.8 Å². The van der Waals surface area contributed by atoms with Crippen LogP contribution in [0.5, 0.6) is 11.5 Å². The summed E-state index contributed by atoms with van der Waals surface area (Å²) in [6, 6.07) is 8.85. The van der Waals surface area contributed by atoms with E-state index in [1.54, 1.807) is 23.1 Å². The van der Waals surface area contributed by atoms with E-state index in [0.29, 0.717) is 30.0 Å². The maximum absolute atomic E-state index is 13.7. The van der Waals surface area contributed by atoms with E-state index in [2.05, 4.69) is 10.4 Å². The topological polar surface area (TPSA) is 85.7 Å². The average Bonchev–Trinajstić information content (AvgIpc) is 3.28. The van der Waals surface area contributed by atoms with Crippen molar-refractivity contribution in [3.8, 4) is 11.5 Å². The molecule has 2 amide bonds. The van der Waals surface area contributed by atoms with Crippen LogP contribution >= 0.6 is 0 Å². The van der Waals surface area contributed by atoms with Crippen LogP contribution in [0.2, 0.25) is 0 Å². The molecule has 0 aliphatic carbocycles. The highest BCUT2D eigenvalue weighted by atomic mass is 19.3. The van der Waals surface area contributed by atoms with Gasteiger partial charge >= 0.3 is 0 Å². The Kier molecular flexibility index (Phi) is 7.18. The quantitative estimate of drug-likeness (QED) is 0.535. The molecule has 4 rings (SSSR count). The lowest BCUT2D eigenvalue weighted by Crippen LogP contribution is -2.45. The van der Waals surface area contributed by atoms with E-state index >= 15 is 0 Å². The van der Waals surface area contributed by atoms with Gasteiger partial charge in [0.15, 0.2) is 11.5 Å². The molecule has 0 spiro atoms. The molecule has 0 bridgehead atoms. The Morgan fingerprint density at radius 3 is 2.44 bits per heavy atom. The van der Waals surface area contributed by atoms with Crippen LogP contribution in [-0.4, -0.2) is 53.8 Å². The highest BCUT2D eigenvalue weighted by Gasteiger charge is 2.34. The number of rotatable bonds is 7. The van der Waals surface area contributed by atoms with Crippen molar-refractivity contribution in [2.45, 2.75) is 18.9 Å². The molecule has 1 atom stereocenters. The fraction of sp³-hybridized carbons (Fsp3) is 0.320. The van der Waals surface area contributed by atoms with Crippen LogP contribution in [0.3, 0.4) is 0 Å². The molecule has 2 heterocycles. The van der Waals surface area contributed by atoms with Crippen LogP contribution in [0.25, 0.3) is 0 Å². The van der Waals surface area contributed by atoms with Crippen LogP contribution < -0.4 is 14.8 Å². The zero-order valence-corrected chi connectivity index (χ0v) is 19.9. The minimum absolute atomic E-state index is 0.295. The minimum atomic E-state index is -2.93. The third-order valence-corrected chi connectivity index (χ3v) is 6.09. The average molecular weight is 502 g/mol. The van der Waals surface area contributed by atoms with Gasteiger partial charge in [-0.05, 0) is 47.4 Å². The van der Waals surface area contributed by atoms with Gasteiger partial charge in [-0.3, -0.25) is 14.3 Å². The first-order valence-corrected chi connectivity index (χ1v) is 11.1. The van der Waals surface area contributed by atoms with Crippen LogP contribution in [0.15, 0.2) is 42.6 Å². The highest BCUT2D eigenvalue weighted by molar-refractivity contribution is 5.97. The number of methoxy groups -OCH3 is 2. The normalized spacial score (nSPS) is 15.0. The number of ether oxygens (including phenoxy) is 2. The lowest BCUT2D eigenvalue weighted by molar-refractivity contribution is -0.132. The van der Waals surface area contributed by atoms with E-state index in [9.17, 15) is 22.8 Å². The molecule has 0 saturated carbocycles. The maximum atomic E-state index is 13.7. The van der Waals surface area contributed by atoms with E-state index in [1.165, 1.54) is 39.6 Å². The maximum Gasteiger partial charge on any atom is 0.282 e. The number of nitrogens with one attached hydrogen (secondary N) is 1. The molecule has 1 unspecified atom stereocenters. The molecule has 3 aromatic rings.